The van der Waals surface area contributed by atoms with E-state index in [1.807, 2.05) is 25.1 Å². The molecule has 1 saturated heterocycles. The molecule has 3 aromatic rings. The second-order valence-electron chi connectivity index (χ2n) is 6.33. The molecule has 3 aromatic heterocycles. The van der Waals surface area contributed by atoms with E-state index in [0.29, 0.717) is 18.2 Å². The van der Waals surface area contributed by atoms with Crippen LogP contribution in [0.25, 0.3) is 10.6 Å². The number of hydrogen-bond donors (Lipinski definition) is 1. The second kappa shape index (κ2) is 7.70. The van der Waals surface area contributed by atoms with Crippen molar-refractivity contribution in [2.45, 2.75) is 24.7 Å². The quantitative estimate of drug-likeness (QED) is 0.662. The van der Waals surface area contributed by atoms with Gasteiger partial charge in [0.2, 0.25) is 10.0 Å². The highest BCUT2D eigenvalue weighted by Gasteiger charge is 2.32. The third-order valence-corrected chi connectivity index (χ3v) is 8.51. The molecule has 0 atom stereocenters. The van der Waals surface area contributed by atoms with Gasteiger partial charge in [0.15, 0.2) is 5.13 Å². The molecule has 0 saturated carbocycles. The summed E-state index contributed by atoms with van der Waals surface area (Å²) in [5.41, 5.74) is 1.54. The van der Waals surface area contributed by atoms with Crippen LogP contribution in [0.15, 0.2) is 40.7 Å². The maximum absolute atomic E-state index is 12.8. The molecule has 0 unspecified atom stereocenters. The van der Waals surface area contributed by atoms with Crippen LogP contribution in [0.2, 0.25) is 0 Å². The Morgan fingerprint density at radius 3 is 2.71 bits per heavy atom. The molecule has 1 aliphatic rings. The van der Waals surface area contributed by atoms with Crippen molar-refractivity contribution in [2.24, 2.45) is 0 Å². The third kappa shape index (κ3) is 3.60. The van der Waals surface area contributed by atoms with Gasteiger partial charge in [0.05, 0.1) is 16.3 Å². The van der Waals surface area contributed by atoms with Crippen LogP contribution < -0.4 is 5.32 Å². The number of rotatable bonds is 5. The summed E-state index contributed by atoms with van der Waals surface area (Å²) in [6.45, 7) is 2.85. The number of anilines is 1. The molecule has 0 aromatic carbocycles. The van der Waals surface area contributed by atoms with Crippen molar-refractivity contribution >= 4 is 43.7 Å². The average molecular weight is 435 g/mol. The number of aromatic nitrogens is 2. The first-order valence-corrected chi connectivity index (χ1v) is 11.9. The number of hydrogen-bond acceptors (Lipinski definition) is 7. The molecule has 1 amide bonds. The van der Waals surface area contributed by atoms with Gasteiger partial charge in [0, 0.05) is 19.3 Å². The van der Waals surface area contributed by atoms with E-state index in [4.69, 9.17) is 0 Å². The Morgan fingerprint density at radius 1 is 1.21 bits per heavy atom. The number of pyridine rings is 1. The first kappa shape index (κ1) is 19.2. The minimum absolute atomic E-state index is 0.0649. The predicted molar refractivity (Wildman–Crippen MR) is 110 cm³/mol. The molecule has 1 N–H and O–H groups in total. The highest BCUT2D eigenvalue weighted by Crippen LogP contribution is 2.33. The van der Waals surface area contributed by atoms with Crippen LogP contribution in [0.1, 0.15) is 28.2 Å². The van der Waals surface area contributed by atoms with Gasteiger partial charge in [0.25, 0.3) is 5.91 Å². The van der Waals surface area contributed by atoms with Crippen LogP contribution in [-0.4, -0.2) is 41.7 Å². The van der Waals surface area contributed by atoms with Gasteiger partial charge >= 0.3 is 0 Å². The minimum atomic E-state index is -3.65. The molecule has 28 heavy (non-hydrogen) atoms. The summed E-state index contributed by atoms with van der Waals surface area (Å²) in [7, 11) is -3.65. The Labute approximate surface area is 171 Å². The van der Waals surface area contributed by atoms with E-state index < -0.39 is 15.9 Å². The Morgan fingerprint density at radius 2 is 2.00 bits per heavy atom. The third-order valence-electron chi connectivity index (χ3n) is 4.43. The summed E-state index contributed by atoms with van der Waals surface area (Å²) >= 11 is 2.43. The summed E-state index contributed by atoms with van der Waals surface area (Å²) in [4.78, 5) is 22.6. The summed E-state index contributed by atoms with van der Waals surface area (Å²) in [5.74, 6) is -0.464. The van der Waals surface area contributed by atoms with Gasteiger partial charge in [-0.15, -0.1) is 11.3 Å². The summed E-state index contributed by atoms with van der Waals surface area (Å²) < 4.78 is 27.1. The number of aryl methyl sites for hydroxylation is 1. The van der Waals surface area contributed by atoms with Crippen molar-refractivity contribution in [3.8, 4) is 10.6 Å². The summed E-state index contributed by atoms with van der Waals surface area (Å²) in [5, 5.41) is 4.79. The van der Waals surface area contributed by atoms with Crippen molar-refractivity contribution in [1.29, 1.82) is 0 Å². The van der Waals surface area contributed by atoms with Crippen molar-refractivity contribution in [3.63, 3.8) is 0 Å². The molecular weight excluding hydrogens is 416 g/mol. The largest absolute Gasteiger partial charge is 0.297 e. The number of amides is 1. The minimum Gasteiger partial charge on any atom is -0.297 e. The number of nitrogens with one attached hydrogen (secondary N) is 1. The van der Waals surface area contributed by atoms with E-state index >= 15 is 0 Å². The molecule has 7 nitrogen and oxygen atoms in total. The lowest BCUT2D eigenvalue weighted by Crippen LogP contribution is -2.29. The van der Waals surface area contributed by atoms with Gasteiger partial charge in [0.1, 0.15) is 9.77 Å². The Hall–Kier alpha value is -2.14. The molecular formula is C18H18N4O3S3. The van der Waals surface area contributed by atoms with Crippen molar-refractivity contribution < 1.29 is 13.2 Å². The number of carbonyl (C=O) groups is 1. The fourth-order valence-corrected chi connectivity index (χ4v) is 6.82. The van der Waals surface area contributed by atoms with Crippen LogP contribution >= 0.6 is 22.7 Å². The number of thiazole rings is 1. The van der Waals surface area contributed by atoms with Gasteiger partial charge in [-0.3, -0.25) is 15.1 Å². The average Bonchev–Trinajstić information content (AvgIpc) is 3.43. The molecule has 0 radical (unpaired) electrons. The molecule has 0 aliphatic carbocycles. The maximum atomic E-state index is 12.8. The molecule has 1 aliphatic heterocycles. The lowest BCUT2D eigenvalue weighted by Gasteiger charge is -2.15. The van der Waals surface area contributed by atoms with E-state index in [2.05, 4.69) is 15.3 Å². The Balaban J connectivity index is 1.58. The smallest absolute Gasteiger partial charge is 0.268 e. The van der Waals surface area contributed by atoms with Gasteiger partial charge in [-0.2, -0.15) is 4.31 Å². The van der Waals surface area contributed by atoms with Gasteiger partial charge in [-0.25, -0.2) is 13.4 Å². The Kier molecular flexibility index (Phi) is 5.28. The van der Waals surface area contributed by atoms with E-state index in [1.54, 1.807) is 11.6 Å². The van der Waals surface area contributed by atoms with Crippen LogP contribution in [0.5, 0.6) is 0 Å². The van der Waals surface area contributed by atoms with Crippen molar-refractivity contribution in [1.82, 2.24) is 14.3 Å². The van der Waals surface area contributed by atoms with E-state index in [9.17, 15) is 13.2 Å². The fraction of sp³-hybridized carbons (Fsp3) is 0.278. The molecule has 0 spiro atoms. The van der Waals surface area contributed by atoms with E-state index in [-0.39, 0.29) is 9.77 Å². The van der Waals surface area contributed by atoms with Gasteiger partial charge < -0.3 is 0 Å². The summed E-state index contributed by atoms with van der Waals surface area (Å²) in [6.07, 6.45) is 3.40. The highest BCUT2D eigenvalue weighted by atomic mass is 32.2. The maximum Gasteiger partial charge on any atom is 0.268 e. The molecule has 146 valence electrons. The number of carbonyl (C=O) groups excluding carboxylic acids is 1. The molecule has 0 bridgehead atoms. The van der Waals surface area contributed by atoms with Gasteiger partial charge in [-0.05, 0) is 43.3 Å². The lowest BCUT2D eigenvalue weighted by molar-refractivity contribution is 0.102. The van der Waals surface area contributed by atoms with Crippen LogP contribution in [0.4, 0.5) is 5.13 Å². The Bertz CT molecular complexity index is 1100. The zero-order valence-electron chi connectivity index (χ0n) is 15.1. The van der Waals surface area contributed by atoms with E-state index in [1.165, 1.54) is 21.7 Å². The molecule has 4 heterocycles. The van der Waals surface area contributed by atoms with Crippen molar-refractivity contribution in [3.05, 3.63) is 46.4 Å². The molecule has 4 rings (SSSR count). The highest BCUT2D eigenvalue weighted by molar-refractivity contribution is 7.89. The number of nitrogens with zero attached hydrogens (tertiary/aromatic N) is 3. The van der Waals surface area contributed by atoms with Gasteiger partial charge in [-0.1, -0.05) is 17.4 Å². The fourth-order valence-electron chi connectivity index (χ4n) is 3.07. The number of thiophene rings is 1. The molecule has 10 heteroatoms. The standard InChI is InChI=1S/C18H18N4O3S3/c1-12-15(13-6-2-3-8-19-13)27-18(20-12)21-17(23)16-14(7-11-26-16)28(24,25)22-9-4-5-10-22/h2-3,6-8,11H,4-5,9-10H2,1H3,(H,20,21,23). The van der Waals surface area contributed by atoms with Crippen molar-refractivity contribution in [2.75, 3.05) is 18.4 Å². The van der Waals surface area contributed by atoms with Crippen LogP contribution in [0.3, 0.4) is 0 Å². The summed E-state index contributed by atoms with van der Waals surface area (Å²) in [6, 6.07) is 7.11. The van der Waals surface area contributed by atoms with Crippen LogP contribution in [0, 0.1) is 6.92 Å². The lowest BCUT2D eigenvalue weighted by atomic mass is 10.3. The zero-order chi connectivity index (χ0) is 19.7. The normalized spacial score (nSPS) is 15.0. The number of sulfonamides is 1. The second-order valence-corrected chi connectivity index (χ2v) is 10.1. The zero-order valence-corrected chi connectivity index (χ0v) is 17.5. The first-order valence-electron chi connectivity index (χ1n) is 8.74. The SMILES string of the molecule is Cc1nc(NC(=O)c2sccc2S(=O)(=O)N2CCCC2)sc1-c1ccccn1. The topological polar surface area (TPSA) is 92.3 Å². The van der Waals surface area contributed by atoms with Crippen LogP contribution in [-0.2, 0) is 10.0 Å². The van der Waals surface area contributed by atoms with E-state index in [0.717, 1.165) is 40.4 Å². The predicted octanol–water partition coefficient (Wildman–Crippen LogP) is 3.61. The first-order chi connectivity index (χ1) is 13.5. The molecule has 1 fully saturated rings. The monoisotopic (exact) mass is 434 g/mol.